The number of carbonyl (C=O) groups is 2. The number of carboxylic acid groups (broad SMARTS) is 1. The molecule has 8 nitrogen and oxygen atoms in total. The van der Waals surface area contributed by atoms with E-state index in [1.165, 1.54) is 11.3 Å². The van der Waals surface area contributed by atoms with Gasteiger partial charge < -0.3 is 24.8 Å². The van der Waals surface area contributed by atoms with E-state index in [-0.39, 0.29) is 11.6 Å². The molecule has 1 saturated heterocycles. The number of anilines is 1. The Kier molecular flexibility index (Phi) is 6.47. The molecule has 140 valence electrons. The Labute approximate surface area is 155 Å². The highest BCUT2D eigenvalue weighted by Gasteiger charge is 2.27. The average Bonchev–Trinajstić information content (AvgIpc) is 2.86. The standard InChI is InChI=1S/C15H22ClN3O5S/c1-15(2,3)24-14(22)17-9(12(20)21)8-10-11(16)18-13(25-10)19-4-6-23-7-5-19/h9H,4-8H2,1-3H3,(H,17,22)(H,20,21). The maximum Gasteiger partial charge on any atom is 0.408 e. The molecule has 1 atom stereocenters. The van der Waals surface area contributed by atoms with Crippen molar-refractivity contribution in [3.05, 3.63) is 10.0 Å². The highest BCUT2D eigenvalue weighted by molar-refractivity contribution is 7.16. The van der Waals surface area contributed by atoms with Crippen LogP contribution in [0.1, 0.15) is 25.6 Å². The van der Waals surface area contributed by atoms with Crippen LogP contribution in [0.5, 0.6) is 0 Å². The number of nitrogens with zero attached hydrogens (tertiary/aromatic N) is 2. The summed E-state index contributed by atoms with van der Waals surface area (Å²) in [5.41, 5.74) is -0.710. The third-order valence-corrected chi connectivity index (χ3v) is 4.86. The molecule has 1 aromatic rings. The lowest BCUT2D eigenvalue weighted by Gasteiger charge is -2.26. The number of alkyl carbamates (subject to hydrolysis) is 1. The molecule has 0 aliphatic carbocycles. The van der Waals surface area contributed by atoms with Crippen LogP contribution in [0, 0.1) is 0 Å². The Hall–Kier alpha value is -1.58. The first-order valence-corrected chi connectivity index (χ1v) is 9.05. The zero-order valence-corrected chi connectivity index (χ0v) is 15.9. The Bertz CT molecular complexity index is 625. The zero-order valence-electron chi connectivity index (χ0n) is 14.4. The third kappa shape index (κ3) is 6.02. The molecule has 25 heavy (non-hydrogen) atoms. The number of aliphatic carboxylic acids is 1. The van der Waals surface area contributed by atoms with Gasteiger partial charge in [-0.2, -0.15) is 0 Å². The summed E-state index contributed by atoms with van der Waals surface area (Å²) in [5, 5.41) is 12.7. The minimum atomic E-state index is -1.16. The largest absolute Gasteiger partial charge is 0.480 e. The Morgan fingerprint density at radius 1 is 1.44 bits per heavy atom. The van der Waals surface area contributed by atoms with E-state index in [9.17, 15) is 14.7 Å². The molecule has 1 fully saturated rings. The van der Waals surface area contributed by atoms with Gasteiger partial charge in [-0.15, -0.1) is 11.3 Å². The van der Waals surface area contributed by atoms with Gasteiger partial charge in [0, 0.05) is 24.4 Å². The van der Waals surface area contributed by atoms with Crippen LogP contribution in [0.25, 0.3) is 0 Å². The van der Waals surface area contributed by atoms with Crippen LogP contribution in [0.3, 0.4) is 0 Å². The number of amides is 1. The van der Waals surface area contributed by atoms with Gasteiger partial charge in [0.1, 0.15) is 16.8 Å². The van der Waals surface area contributed by atoms with Crippen molar-refractivity contribution in [2.45, 2.75) is 38.8 Å². The molecule has 1 aliphatic heterocycles. The number of nitrogens with one attached hydrogen (secondary N) is 1. The van der Waals surface area contributed by atoms with E-state index in [0.717, 1.165) is 5.13 Å². The van der Waals surface area contributed by atoms with Gasteiger partial charge in [0.25, 0.3) is 0 Å². The molecule has 1 aliphatic rings. The van der Waals surface area contributed by atoms with Gasteiger partial charge in [0.05, 0.1) is 13.2 Å². The third-order valence-electron chi connectivity index (χ3n) is 3.30. The number of carbonyl (C=O) groups excluding carboxylic acids is 1. The summed E-state index contributed by atoms with van der Waals surface area (Å²) in [6.45, 7) is 7.77. The number of aromatic nitrogens is 1. The number of carboxylic acids is 1. The van der Waals surface area contributed by atoms with Crippen molar-refractivity contribution < 1.29 is 24.2 Å². The molecule has 0 saturated carbocycles. The molecule has 10 heteroatoms. The average molecular weight is 392 g/mol. The lowest BCUT2D eigenvalue weighted by Crippen LogP contribution is -2.44. The summed E-state index contributed by atoms with van der Waals surface area (Å²) in [5.74, 6) is -1.16. The van der Waals surface area contributed by atoms with Gasteiger partial charge in [0.15, 0.2) is 5.13 Å². The van der Waals surface area contributed by atoms with Crippen molar-refractivity contribution in [3.8, 4) is 0 Å². The highest BCUT2D eigenvalue weighted by atomic mass is 35.5. The maximum atomic E-state index is 11.8. The topological polar surface area (TPSA) is 101 Å². The molecule has 0 spiro atoms. The van der Waals surface area contributed by atoms with E-state index in [0.29, 0.717) is 31.2 Å². The zero-order chi connectivity index (χ0) is 18.6. The number of ether oxygens (including phenoxy) is 2. The minimum Gasteiger partial charge on any atom is -0.480 e. The van der Waals surface area contributed by atoms with Crippen LogP contribution in [0.4, 0.5) is 9.93 Å². The highest BCUT2D eigenvalue weighted by Crippen LogP contribution is 2.31. The molecule has 1 aromatic heterocycles. The molecule has 0 radical (unpaired) electrons. The number of rotatable bonds is 5. The maximum absolute atomic E-state index is 11.8. The van der Waals surface area contributed by atoms with E-state index < -0.39 is 23.7 Å². The van der Waals surface area contributed by atoms with Crippen LogP contribution >= 0.6 is 22.9 Å². The number of thiazole rings is 1. The Balaban J connectivity index is 2.05. The predicted molar refractivity (Wildman–Crippen MR) is 94.7 cm³/mol. The van der Waals surface area contributed by atoms with Crippen molar-refractivity contribution in [3.63, 3.8) is 0 Å². The van der Waals surface area contributed by atoms with Crippen molar-refractivity contribution in [2.75, 3.05) is 31.2 Å². The monoisotopic (exact) mass is 391 g/mol. The fourth-order valence-electron chi connectivity index (χ4n) is 2.17. The summed E-state index contributed by atoms with van der Waals surface area (Å²) < 4.78 is 10.4. The van der Waals surface area contributed by atoms with E-state index in [1.807, 2.05) is 4.90 Å². The van der Waals surface area contributed by atoms with Gasteiger partial charge in [-0.1, -0.05) is 11.6 Å². The smallest absolute Gasteiger partial charge is 0.408 e. The number of halogens is 1. The first-order chi connectivity index (χ1) is 11.7. The van der Waals surface area contributed by atoms with Gasteiger partial charge in [0.2, 0.25) is 0 Å². The lowest BCUT2D eigenvalue weighted by atomic mass is 10.2. The molecule has 1 amide bonds. The van der Waals surface area contributed by atoms with E-state index in [1.54, 1.807) is 20.8 Å². The summed E-state index contributed by atoms with van der Waals surface area (Å²) in [6, 6.07) is -1.15. The van der Waals surface area contributed by atoms with E-state index in [4.69, 9.17) is 21.1 Å². The van der Waals surface area contributed by atoms with Crippen molar-refractivity contribution in [1.29, 1.82) is 0 Å². The lowest BCUT2D eigenvalue weighted by molar-refractivity contribution is -0.139. The van der Waals surface area contributed by atoms with Crippen LogP contribution in [-0.2, 0) is 20.7 Å². The van der Waals surface area contributed by atoms with Crippen LogP contribution in [0.15, 0.2) is 0 Å². The summed E-state index contributed by atoms with van der Waals surface area (Å²) >= 11 is 7.48. The first kappa shape index (κ1) is 19.7. The van der Waals surface area contributed by atoms with Crippen LogP contribution < -0.4 is 10.2 Å². The van der Waals surface area contributed by atoms with E-state index in [2.05, 4.69) is 10.3 Å². The normalized spacial score (nSPS) is 16.4. The van der Waals surface area contributed by atoms with Crippen LogP contribution in [0.2, 0.25) is 5.15 Å². The van der Waals surface area contributed by atoms with Crippen molar-refractivity contribution in [2.24, 2.45) is 0 Å². The molecule has 0 aromatic carbocycles. The molecular weight excluding hydrogens is 370 g/mol. The molecule has 1 unspecified atom stereocenters. The predicted octanol–water partition coefficient (Wildman–Crippen LogP) is 2.15. The van der Waals surface area contributed by atoms with Crippen LogP contribution in [-0.4, -0.2) is 60.1 Å². The fourth-order valence-corrected chi connectivity index (χ4v) is 3.54. The molecule has 2 rings (SSSR count). The number of hydrogen-bond donors (Lipinski definition) is 2. The SMILES string of the molecule is CC(C)(C)OC(=O)NC(Cc1sc(N2CCOCC2)nc1Cl)C(=O)O. The fraction of sp³-hybridized carbons (Fsp3) is 0.667. The number of morpholine rings is 1. The minimum absolute atomic E-state index is 0.0371. The molecule has 0 bridgehead atoms. The second-order valence-corrected chi connectivity index (χ2v) is 7.97. The second-order valence-electron chi connectivity index (χ2n) is 6.55. The molecule has 2 N–H and O–H groups in total. The molecular formula is C15H22ClN3O5S. The van der Waals surface area contributed by atoms with Crippen molar-refractivity contribution in [1.82, 2.24) is 10.3 Å². The summed E-state index contributed by atoms with van der Waals surface area (Å²) in [7, 11) is 0. The van der Waals surface area contributed by atoms with Gasteiger partial charge in [-0.05, 0) is 20.8 Å². The summed E-state index contributed by atoms with van der Waals surface area (Å²) in [6.07, 6.45) is -0.746. The van der Waals surface area contributed by atoms with Gasteiger partial charge in [-0.25, -0.2) is 14.6 Å². The Morgan fingerprint density at radius 3 is 2.64 bits per heavy atom. The van der Waals surface area contributed by atoms with E-state index >= 15 is 0 Å². The summed E-state index contributed by atoms with van der Waals surface area (Å²) in [4.78, 5) is 30.3. The number of hydrogen-bond acceptors (Lipinski definition) is 7. The Morgan fingerprint density at radius 2 is 2.08 bits per heavy atom. The second kappa shape index (κ2) is 8.20. The van der Waals surface area contributed by atoms with Gasteiger partial charge >= 0.3 is 12.1 Å². The first-order valence-electron chi connectivity index (χ1n) is 7.86. The van der Waals surface area contributed by atoms with Crippen molar-refractivity contribution >= 4 is 40.1 Å². The van der Waals surface area contributed by atoms with Gasteiger partial charge in [-0.3, -0.25) is 0 Å². The molecule has 2 heterocycles. The quantitative estimate of drug-likeness (QED) is 0.792.